The first-order valence-electron chi connectivity index (χ1n) is 8.39. The van der Waals surface area contributed by atoms with Gasteiger partial charge in [0.05, 0.1) is 11.9 Å². The van der Waals surface area contributed by atoms with E-state index >= 15 is 0 Å². The van der Waals surface area contributed by atoms with Gasteiger partial charge in [0, 0.05) is 5.69 Å². The van der Waals surface area contributed by atoms with Gasteiger partial charge in [0.15, 0.2) is 5.65 Å². The Labute approximate surface area is 151 Å². The number of halogens is 3. The van der Waals surface area contributed by atoms with Crippen LogP contribution in [0.5, 0.6) is 0 Å². The molecule has 0 aliphatic heterocycles. The van der Waals surface area contributed by atoms with Gasteiger partial charge in [-0.3, -0.25) is 4.79 Å². The molecule has 3 aromatic rings. The Bertz CT molecular complexity index is 1020. The number of hydrogen-bond acceptors (Lipinski definition) is 5. The van der Waals surface area contributed by atoms with Crippen LogP contribution in [-0.2, 0) is 0 Å². The smallest absolute Gasteiger partial charge is 0.408 e. The summed E-state index contributed by atoms with van der Waals surface area (Å²) >= 11 is 0. The molecule has 3 aromatic heterocycles. The van der Waals surface area contributed by atoms with Gasteiger partial charge in [0.1, 0.15) is 23.6 Å². The Morgan fingerprint density at radius 1 is 1.33 bits per heavy atom. The molecule has 0 saturated heterocycles. The molecule has 7 nitrogen and oxygen atoms in total. The van der Waals surface area contributed by atoms with Crippen LogP contribution in [-0.4, -0.2) is 37.7 Å². The Hall–Kier alpha value is -2.91. The lowest BCUT2D eigenvalue weighted by Gasteiger charge is -2.20. The fourth-order valence-corrected chi connectivity index (χ4v) is 2.97. The minimum Gasteiger partial charge on any atom is -0.443 e. The van der Waals surface area contributed by atoms with E-state index in [4.69, 9.17) is 4.42 Å². The summed E-state index contributed by atoms with van der Waals surface area (Å²) in [5.74, 6) is -1.17. The van der Waals surface area contributed by atoms with Crippen LogP contribution < -0.4 is 5.32 Å². The Morgan fingerprint density at radius 2 is 2.07 bits per heavy atom. The minimum atomic E-state index is -4.50. The normalized spacial score (nSPS) is 15.9. The maximum Gasteiger partial charge on any atom is 0.408 e. The number of hydrogen-bond donors (Lipinski definition) is 1. The van der Waals surface area contributed by atoms with E-state index in [2.05, 4.69) is 20.4 Å². The average Bonchev–Trinajstić information content (AvgIpc) is 3.17. The van der Waals surface area contributed by atoms with Gasteiger partial charge < -0.3 is 9.73 Å². The molecule has 1 N–H and O–H groups in total. The number of alkyl halides is 3. The number of carbonyl (C=O) groups excluding carboxylic acids is 1. The van der Waals surface area contributed by atoms with E-state index in [-0.39, 0.29) is 17.1 Å². The van der Waals surface area contributed by atoms with E-state index in [1.54, 1.807) is 19.9 Å². The maximum atomic E-state index is 13.2. The minimum absolute atomic E-state index is 0.0295. The second-order valence-corrected chi connectivity index (χ2v) is 6.70. The zero-order valence-corrected chi connectivity index (χ0v) is 14.5. The molecule has 0 aromatic carbocycles. The summed E-state index contributed by atoms with van der Waals surface area (Å²) < 4.78 is 46.3. The van der Waals surface area contributed by atoms with Crippen molar-refractivity contribution in [2.45, 2.75) is 38.9 Å². The summed E-state index contributed by atoms with van der Waals surface area (Å²) in [6.45, 7) is 3.50. The second kappa shape index (κ2) is 6.07. The highest BCUT2D eigenvalue weighted by atomic mass is 19.4. The van der Waals surface area contributed by atoms with E-state index in [1.165, 1.54) is 17.0 Å². The van der Waals surface area contributed by atoms with Gasteiger partial charge in [-0.05, 0) is 38.7 Å². The second-order valence-electron chi connectivity index (χ2n) is 6.70. The van der Waals surface area contributed by atoms with Gasteiger partial charge in [0.25, 0.3) is 5.91 Å². The zero-order valence-electron chi connectivity index (χ0n) is 14.5. The third-order valence-corrected chi connectivity index (χ3v) is 4.47. The van der Waals surface area contributed by atoms with E-state index in [0.29, 0.717) is 29.9 Å². The number of amides is 1. The topological polar surface area (TPSA) is 85.3 Å². The van der Waals surface area contributed by atoms with Crippen LogP contribution in [0.1, 0.15) is 34.6 Å². The predicted octanol–water partition coefficient (Wildman–Crippen LogP) is 3.07. The molecule has 1 aliphatic carbocycles. The number of rotatable bonds is 4. The Morgan fingerprint density at radius 3 is 2.67 bits per heavy atom. The molecule has 1 atom stereocenters. The third kappa shape index (κ3) is 3.26. The van der Waals surface area contributed by atoms with Crippen LogP contribution in [0.2, 0.25) is 0 Å². The maximum absolute atomic E-state index is 13.2. The molecule has 10 heteroatoms. The molecule has 0 spiro atoms. The number of oxazole rings is 1. The molecular formula is C17H16F3N5O2. The van der Waals surface area contributed by atoms with E-state index in [9.17, 15) is 18.0 Å². The SMILES string of the molecule is Cc1coc(-c2cc(C)n3ncc(C(=O)N[C@H](C4CC4)C(F)(F)F)c3n2)n1. The molecule has 4 rings (SSSR count). The van der Waals surface area contributed by atoms with Crippen LogP contribution in [0.25, 0.3) is 17.2 Å². The largest absolute Gasteiger partial charge is 0.443 e. The number of aromatic nitrogens is 4. The van der Waals surface area contributed by atoms with E-state index in [1.807, 2.05) is 0 Å². The van der Waals surface area contributed by atoms with E-state index < -0.39 is 24.0 Å². The van der Waals surface area contributed by atoms with Crippen molar-refractivity contribution in [3.05, 3.63) is 35.5 Å². The molecule has 0 radical (unpaired) electrons. The van der Waals surface area contributed by atoms with Gasteiger partial charge in [-0.1, -0.05) is 0 Å². The summed E-state index contributed by atoms with van der Waals surface area (Å²) in [6, 6.07) is -0.186. The molecule has 1 fully saturated rings. The number of carbonyl (C=O) groups is 1. The number of nitrogens with zero attached hydrogens (tertiary/aromatic N) is 4. The van der Waals surface area contributed by atoms with Crippen LogP contribution in [0.3, 0.4) is 0 Å². The van der Waals surface area contributed by atoms with Gasteiger partial charge in [-0.15, -0.1) is 0 Å². The molecule has 0 bridgehead atoms. The van der Waals surface area contributed by atoms with Crippen molar-refractivity contribution in [1.29, 1.82) is 0 Å². The fourth-order valence-electron chi connectivity index (χ4n) is 2.97. The Kier molecular flexibility index (Phi) is 3.93. The summed E-state index contributed by atoms with van der Waals surface area (Å²) in [5, 5.41) is 6.17. The van der Waals surface area contributed by atoms with Gasteiger partial charge >= 0.3 is 6.18 Å². The van der Waals surface area contributed by atoms with Crippen LogP contribution >= 0.6 is 0 Å². The van der Waals surface area contributed by atoms with Crippen molar-refractivity contribution < 1.29 is 22.4 Å². The lowest BCUT2D eigenvalue weighted by atomic mass is 10.1. The first kappa shape index (κ1) is 17.5. The van der Waals surface area contributed by atoms with Crippen LogP contribution in [0.15, 0.2) is 22.9 Å². The molecule has 1 saturated carbocycles. The number of aryl methyl sites for hydroxylation is 2. The molecule has 1 amide bonds. The highest BCUT2D eigenvalue weighted by molar-refractivity contribution is 6.00. The predicted molar refractivity (Wildman–Crippen MR) is 88.0 cm³/mol. The average molecular weight is 379 g/mol. The first-order chi connectivity index (χ1) is 12.7. The molecular weight excluding hydrogens is 363 g/mol. The van der Waals surface area contributed by atoms with Gasteiger partial charge in [-0.2, -0.15) is 18.3 Å². The van der Waals surface area contributed by atoms with Crippen molar-refractivity contribution in [3.8, 4) is 11.6 Å². The molecule has 142 valence electrons. The summed E-state index contributed by atoms with van der Waals surface area (Å²) in [4.78, 5) is 21.1. The fraction of sp³-hybridized carbons (Fsp3) is 0.412. The summed E-state index contributed by atoms with van der Waals surface area (Å²) in [7, 11) is 0. The highest BCUT2D eigenvalue weighted by Gasteiger charge is 2.49. The monoisotopic (exact) mass is 379 g/mol. The van der Waals surface area contributed by atoms with Crippen molar-refractivity contribution in [2.24, 2.45) is 5.92 Å². The third-order valence-electron chi connectivity index (χ3n) is 4.47. The first-order valence-corrected chi connectivity index (χ1v) is 8.39. The van der Waals surface area contributed by atoms with Crippen LogP contribution in [0.4, 0.5) is 13.2 Å². The van der Waals surface area contributed by atoms with Crippen molar-refractivity contribution in [1.82, 2.24) is 24.9 Å². The van der Waals surface area contributed by atoms with Gasteiger partial charge in [-0.25, -0.2) is 14.5 Å². The molecule has 1 aliphatic rings. The van der Waals surface area contributed by atoms with Crippen LogP contribution in [0, 0.1) is 19.8 Å². The summed E-state index contributed by atoms with van der Waals surface area (Å²) in [5.41, 5.74) is 1.79. The van der Waals surface area contributed by atoms with Gasteiger partial charge in [0.2, 0.25) is 5.89 Å². The highest BCUT2D eigenvalue weighted by Crippen LogP contribution is 2.40. The Balaban J connectivity index is 1.71. The zero-order chi connectivity index (χ0) is 19.3. The van der Waals surface area contributed by atoms with Crippen molar-refractivity contribution >= 4 is 11.6 Å². The summed E-state index contributed by atoms with van der Waals surface area (Å²) in [6.07, 6.45) is -0.919. The lowest BCUT2D eigenvalue weighted by molar-refractivity contribution is -0.158. The molecule has 27 heavy (non-hydrogen) atoms. The van der Waals surface area contributed by atoms with E-state index in [0.717, 1.165) is 0 Å². The molecule has 0 unspecified atom stereocenters. The van der Waals surface area contributed by atoms with Crippen molar-refractivity contribution in [3.63, 3.8) is 0 Å². The lowest BCUT2D eigenvalue weighted by Crippen LogP contribution is -2.46. The number of fused-ring (bicyclic) bond motifs is 1. The quantitative estimate of drug-likeness (QED) is 0.753. The van der Waals surface area contributed by atoms with Crippen molar-refractivity contribution in [2.75, 3.05) is 0 Å². The molecule has 3 heterocycles. The standard InChI is InChI=1S/C17H16F3N5O2/c1-8-7-27-16(22-8)12-5-9(2)25-14(23-12)11(6-21-25)15(26)24-13(10-3-4-10)17(18,19)20/h5-7,10,13H,3-4H2,1-2H3,(H,24,26)/t13-/m1/s1. The number of nitrogens with one attached hydrogen (secondary N) is 1.